The molecule has 406 valence electrons. The molecule has 0 aliphatic heterocycles. The van der Waals surface area contributed by atoms with Gasteiger partial charge in [-0.05, 0) is 145 Å². The predicted molar refractivity (Wildman–Crippen MR) is 299 cm³/mol. The Morgan fingerprint density at radius 1 is 0.689 bits per heavy atom. The SMILES string of the molecule is CC.CC(=O)Nc1nc2ccc(CCN)cc2[nH]1.CC(C)(C)OC(=O)NCCc1ccc(N)c(N)c1.CC(C)(C)OC(=O)NCCc1ccc2nc(N)[nH]c2c1.CO.N#CBr.NCCc1ccc(N)c([N+](=O)[O-])c1. The van der Waals surface area contributed by atoms with Crippen molar-refractivity contribution in [2.24, 2.45) is 11.5 Å². The van der Waals surface area contributed by atoms with Gasteiger partial charge in [-0.3, -0.25) is 20.2 Å². The smallest absolute Gasteiger partial charge is 0.407 e. The minimum atomic E-state index is -0.491. The number of carbonyl (C=O) groups is 3. The lowest BCUT2D eigenvalue weighted by atomic mass is 10.1. The summed E-state index contributed by atoms with van der Waals surface area (Å²) in [6, 6.07) is 22.0. The lowest BCUT2D eigenvalue weighted by Gasteiger charge is -2.19. The summed E-state index contributed by atoms with van der Waals surface area (Å²) in [5, 5.41) is 32.7. The summed E-state index contributed by atoms with van der Waals surface area (Å²) in [6.07, 6.45) is 2.05. The van der Waals surface area contributed by atoms with E-state index in [1.165, 1.54) is 19.1 Å². The van der Waals surface area contributed by atoms with Crippen LogP contribution in [0.1, 0.15) is 84.6 Å². The van der Waals surface area contributed by atoms with Crippen molar-refractivity contribution in [1.29, 1.82) is 5.26 Å². The van der Waals surface area contributed by atoms with E-state index in [4.69, 9.17) is 54.2 Å². The van der Waals surface area contributed by atoms with Crippen LogP contribution < -0.4 is 50.4 Å². The summed E-state index contributed by atoms with van der Waals surface area (Å²) in [5.74, 6) is 0.748. The number of nitro groups is 1. The monoisotopic (exact) mass is 1090 g/mol. The second-order valence-electron chi connectivity index (χ2n) is 17.2. The van der Waals surface area contributed by atoms with E-state index in [0.29, 0.717) is 68.7 Å². The number of anilines is 5. The van der Waals surface area contributed by atoms with Crippen molar-refractivity contribution in [3.8, 4) is 4.98 Å². The molecule has 0 aliphatic rings. The number of aromatic nitrogens is 4. The maximum Gasteiger partial charge on any atom is 0.407 e. The number of halogens is 1. The molecule has 0 atom stereocenters. The van der Waals surface area contributed by atoms with Gasteiger partial charge in [-0.2, -0.15) is 5.26 Å². The number of nitrogens with zero attached hydrogens (tertiary/aromatic N) is 4. The van der Waals surface area contributed by atoms with Crippen LogP contribution in [0.15, 0.2) is 72.8 Å². The van der Waals surface area contributed by atoms with E-state index in [9.17, 15) is 24.5 Å². The number of hydrogen-bond acceptors (Lipinski definition) is 17. The lowest BCUT2D eigenvalue weighted by molar-refractivity contribution is -0.384. The minimum absolute atomic E-state index is 0.0500. The maximum absolute atomic E-state index is 11.5. The fourth-order valence-corrected chi connectivity index (χ4v) is 5.93. The van der Waals surface area contributed by atoms with Gasteiger partial charge in [0.05, 0.1) is 38.4 Å². The van der Waals surface area contributed by atoms with Crippen LogP contribution in [0.25, 0.3) is 22.1 Å². The molecule has 0 radical (unpaired) electrons. The number of aromatic amines is 2. The summed E-state index contributed by atoms with van der Waals surface area (Å²) in [6.45, 7) is 18.6. The van der Waals surface area contributed by atoms with Crippen LogP contribution in [0.4, 0.5) is 44.2 Å². The Labute approximate surface area is 441 Å². The second kappa shape index (κ2) is 34.6. The molecule has 6 aromatic rings. The highest BCUT2D eigenvalue weighted by Gasteiger charge is 2.17. The molecule has 3 amide bonds. The third-order valence-electron chi connectivity index (χ3n) is 8.88. The number of rotatable bonds is 12. The zero-order chi connectivity index (χ0) is 56.6. The number of nitrogen functional groups attached to an aromatic ring is 4. The molecule has 0 saturated heterocycles. The molecule has 23 nitrogen and oxygen atoms in total. The summed E-state index contributed by atoms with van der Waals surface area (Å²) in [5.41, 5.74) is 41.1. The lowest BCUT2D eigenvalue weighted by Crippen LogP contribution is -2.33. The van der Waals surface area contributed by atoms with E-state index in [0.717, 1.165) is 57.9 Å². The molecule has 0 aliphatic carbocycles. The number of nitro benzene ring substituents is 1. The fourth-order valence-electron chi connectivity index (χ4n) is 5.93. The number of hydrogen-bond donors (Lipinski definition) is 12. The number of amides is 3. The molecule has 0 saturated carbocycles. The molecule has 0 bridgehead atoms. The average Bonchev–Trinajstić information content (AvgIpc) is 3.90. The normalized spacial score (nSPS) is 10.1. The van der Waals surface area contributed by atoms with Crippen LogP contribution in [0.2, 0.25) is 0 Å². The first-order valence-corrected chi connectivity index (χ1v) is 24.1. The number of aliphatic hydroxyl groups excluding tert-OH is 1. The Hall–Kier alpha value is -7.72. The van der Waals surface area contributed by atoms with E-state index in [2.05, 4.69) is 51.8 Å². The van der Waals surface area contributed by atoms with Gasteiger partial charge in [0.2, 0.25) is 11.9 Å². The number of aliphatic hydroxyl groups is 1. The predicted octanol–water partition coefficient (Wildman–Crippen LogP) is 7.33. The van der Waals surface area contributed by atoms with Crippen LogP contribution in [-0.4, -0.2) is 92.6 Å². The van der Waals surface area contributed by atoms with Gasteiger partial charge in [0, 0.05) is 49.1 Å². The number of imidazole rings is 2. The molecular weight excluding hydrogens is 1020 g/mol. The molecule has 0 fully saturated rings. The molecule has 0 unspecified atom stereocenters. The minimum Gasteiger partial charge on any atom is -0.444 e. The van der Waals surface area contributed by atoms with E-state index in [1.807, 2.05) is 104 Å². The van der Waals surface area contributed by atoms with Gasteiger partial charge < -0.3 is 69.6 Å². The van der Waals surface area contributed by atoms with Gasteiger partial charge in [-0.1, -0.05) is 38.1 Å². The number of nitrogens with one attached hydrogen (secondary N) is 5. The van der Waals surface area contributed by atoms with Gasteiger partial charge in [-0.15, -0.1) is 0 Å². The molecule has 2 heterocycles. The van der Waals surface area contributed by atoms with Gasteiger partial charge in [0.1, 0.15) is 21.9 Å². The summed E-state index contributed by atoms with van der Waals surface area (Å²) >= 11 is 2.45. The van der Waals surface area contributed by atoms with Crippen LogP contribution in [0.3, 0.4) is 0 Å². The third-order valence-corrected chi connectivity index (χ3v) is 8.88. The Bertz CT molecular complexity index is 2690. The van der Waals surface area contributed by atoms with Crippen molar-refractivity contribution < 1.29 is 33.9 Å². The van der Waals surface area contributed by atoms with Gasteiger partial charge >= 0.3 is 12.2 Å². The van der Waals surface area contributed by atoms with Crippen molar-refractivity contribution in [3.63, 3.8) is 0 Å². The number of benzene rings is 4. The Morgan fingerprint density at radius 3 is 1.53 bits per heavy atom. The molecule has 0 spiro atoms. The highest BCUT2D eigenvalue weighted by molar-refractivity contribution is 9.12. The standard InChI is InChI=1S/C14H20N4O2.C13H21N3O2.C11H14N4O.C8H11N3O2.C2H6.CBrN.CH4O/c1-14(2,3)20-13(19)16-7-6-9-4-5-10-11(8-9)18-12(15)17-10;1-13(2,3)18-12(17)16-7-6-9-4-5-10(14)11(15)8-9;1-7(16)13-11-14-9-3-2-8(4-5-12)6-10(9)15-11;9-4-3-6-1-2-7(10)8(5-6)11(12)13;1-2;2-1-3;1-2/h4-5,8H,6-7H2,1-3H3,(H,16,19)(H3,15,17,18);4-5,8H,6-7,14-15H2,1-3H3,(H,16,17);2-3,6H,4-5,12H2,1H3,(H2,13,14,15,16);1-2,5H,3-4,9-10H2;1-2H3;;2H,1H3. The first-order chi connectivity index (χ1) is 34.9. The van der Waals surface area contributed by atoms with Crippen molar-refractivity contribution in [1.82, 2.24) is 30.6 Å². The molecule has 74 heavy (non-hydrogen) atoms. The van der Waals surface area contributed by atoms with E-state index >= 15 is 0 Å². The van der Waals surface area contributed by atoms with Crippen LogP contribution in [0.5, 0.6) is 0 Å². The van der Waals surface area contributed by atoms with Crippen molar-refractivity contribution in [3.05, 3.63) is 105 Å². The van der Waals surface area contributed by atoms with Crippen LogP contribution in [-0.2, 0) is 40.0 Å². The maximum atomic E-state index is 11.5. The van der Waals surface area contributed by atoms with E-state index < -0.39 is 28.3 Å². The highest BCUT2D eigenvalue weighted by atomic mass is 79.9. The van der Waals surface area contributed by atoms with E-state index in [1.54, 1.807) is 17.1 Å². The Morgan fingerprint density at radius 2 is 1.09 bits per heavy atom. The molecular formula is C50H76BrN15O8. The largest absolute Gasteiger partial charge is 0.444 e. The molecule has 24 heteroatoms. The number of carbonyl (C=O) groups excluding carboxylic acids is 3. The number of ether oxygens (including phenoxy) is 2. The Balaban J connectivity index is 0.000000929. The zero-order valence-corrected chi connectivity index (χ0v) is 45.6. The van der Waals surface area contributed by atoms with Crippen molar-refractivity contribution in [2.75, 3.05) is 61.5 Å². The van der Waals surface area contributed by atoms with E-state index in [-0.39, 0.29) is 17.3 Å². The fraction of sp³-hybridized carbons (Fsp3) is 0.400. The number of nitriles is 1. The third kappa shape index (κ3) is 27.8. The second-order valence-corrected chi connectivity index (χ2v) is 17.6. The average molecular weight is 1100 g/mol. The molecule has 18 N–H and O–H groups in total. The Kier molecular flexibility index (Phi) is 31.0. The van der Waals surface area contributed by atoms with Crippen molar-refractivity contribution in [2.45, 2.75) is 99.2 Å². The quantitative estimate of drug-likeness (QED) is 0.0324. The summed E-state index contributed by atoms with van der Waals surface area (Å²) in [7, 11) is 1.00. The zero-order valence-electron chi connectivity index (χ0n) is 44.0. The van der Waals surface area contributed by atoms with Gasteiger partial charge in [-0.25, -0.2) is 19.6 Å². The molecule has 6 rings (SSSR count). The van der Waals surface area contributed by atoms with Crippen LogP contribution >= 0.6 is 15.9 Å². The summed E-state index contributed by atoms with van der Waals surface area (Å²) < 4.78 is 10.3. The number of fused-ring (bicyclic) bond motifs is 2. The molecule has 4 aromatic carbocycles. The number of alkyl carbamates (subject to hydrolysis) is 2. The first-order valence-electron chi connectivity index (χ1n) is 23.3. The number of H-pyrrole nitrogens is 2. The van der Waals surface area contributed by atoms with Crippen LogP contribution in [0, 0.1) is 20.4 Å². The highest BCUT2D eigenvalue weighted by Crippen LogP contribution is 2.23. The number of nitrogens with two attached hydrogens (primary N) is 6. The topological polar surface area (TPSA) is 406 Å². The van der Waals surface area contributed by atoms with Gasteiger partial charge in [0.15, 0.2) is 5.95 Å². The van der Waals surface area contributed by atoms with Gasteiger partial charge in [0.25, 0.3) is 5.69 Å². The molecule has 2 aromatic heterocycles. The first kappa shape index (κ1) is 66.3. The summed E-state index contributed by atoms with van der Waals surface area (Å²) in [4.78, 5) is 59.7. The van der Waals surface area contributed by atoms with Crippen molar-refractivity contribution >= 4 is 90.7 Å².